The van der Waals surface area contributed by atoms with Gasteiger partial charge in [0, 0.05) is 51.4 Å². The summed E-state index contributed by atoms with van der Waals surface area (Å²) in [6.45, 7) is 10.2. The van der Waals surface area contributed by atoms with E-state index in [9.17, 15) is 5.11 Å². The zero-order valence-electron chi connectivity index (χ0n) is 14.9. The van der Waals surface area contributed by atoms with Crippen LogP contribution in [0.2, 0.25) is 0 Å². The molecule has 2 saturated heterocycles. The van der Waals surface area contributed by atoms with E-state index in [1.165, 1.54) is 12.0 Å². The summed E-state index contributed by atoms with van der Waals surface area (Å²) in [7, 11) is 2.17. The SMILES string of the molecule is CN1CCN(Cc2cc(CCCN3CCOCC3)ccc2O)CC1. The van der Waals surface area contributed by atoms with Crippen molar-refractivity contribution in [1.29, 1.82) is 0 Å². The van der Waals surface area contributed by atoms with Gasteiger partial charge in [0.25, 0.3) is 0 Å². The second-order valence-corrected chi connectivity index (χ2v) is 7.10. The largest absolute Gasteiger partial charge is 0.508 e. The highest BCUT2D eigenvalue weighted by atomic mass is 16.5. The van der Waals surface area contributed by atoms with Gasteiger partial charge in [0.1, 0.15) is 5.75 Å². The smallest absolute Gasteiger partial charge is 0.120 e. The molecule has 2 heterocycles. The van der Waals surface area contributed by atoms with Crippen LogP contribution in [0.1, 0.15) is 17.5 Å². The van der Waals surface area contributed by atoms with Crippen LogP contribution in [-0.4, -0.2) is 85.9 Å². The van der Waals surface area contributed by atoms with E-state index in [-0.39, 0.29) is 0 Å². The number of phenolic OH excluding ortho intramolecular Hbond substituents is 1. The maximum Gasteiger partial charge on any atom is 0.120 e. The topological polar surface area (TPSA) is 39.2 Å². The van der Waals surface area contributed by atoms with Crippen LogP contribution in [0.3, 0.4) is 0 Å². The highest BCUT2D eigenvalue weighted by Gasteiger charge is 2.16. The van der Waals surface area contributed by atoms with Crippen molar-refractivity contribution in [2.75, 3.05) is 66.1 Å². The Bertz CT molecular complexity index is 509. The van der Waals surface area contributed by atoms with Crippen LogP contribution in [0.15, 0.2) is 18.2 Å². The lowest BCUT2D eigenvalue weighted by Crippen LogP contribution is -2.43. The van der Waals surface area contributed by atoms with E-state index in [2.05, 4.69) is 33.9 Å². The van der Waals surface area contributed by atoms with Crippen molar-refractivity contribution in [1.82, 2.24) is 14.7 Å². The van der Waals surface area contributed by atoms with Crippen LogP contribution >= 0.6 is 0 Å². The molecule has 0 spiro atoms. The molecule has 134 valence electrons. The molecule has 0 saturated carbocycles. The number of hydrogen-bond acceptors (Lipinski definition) is 5. The highest BCUT2D eigenvalue weighted by molar-refractivity contribution is 5.36. The van der Waals surface area contributed by atoms with Crippen molar-refractivity contribution in [3.05, 3.63) is 29.3 Å². The Labute approximate surface area is 145 Å². The standard InChI is InChI=1S/C19H31N3O2/c1-20-7-9-22(10-8-20)16-18-15-17(4-5-19(18)23)3-2-6-21-11-13-24-14-12-21/h4-5,15,23H,2-3,6-14,16H2,1H3. The fourth-order valence-electron chi connectivity index (χ4n) is 3.50. The molecule has 2 aliphatic heterocycles. The lowest BCUT2D eigenvalue weighted by atomic mass is 10.0. The average molecular weight is 333 g/mol. The van der Waals surface area contributed by atoms with Crippen molar-refractivity contribution >= 4 is 0 Å². The maximum absolute atomic E-state index is 10.2. The van der Waals surface area contributed by atoms with Crippen molar-refractivity contribution in [3.8, 4) is 5.75 Å². The quantitative estimate of drug-likeness (QED) is 0.852. The van der Waals surface area contributed by atoms with Crippen molar-refractivity contribution in [2.24, 2.45) is 0 Å². The van der Waals surface area contributed by atoms with Gasteiger partial charge in [-0.2, -0.15) is 0 Å². The summed E-state index contributed by atoms with van der Waals surface area (Å²) in [6.07, 6.45) is 2.24. The molecule has 0 aliphatic carbocycles. The molecule has 5 heteroatoms. The van der Waals surface area contributed by atoms with Gasteiger partial charge in [-0.3, -0.25) is 9.80 Å². The van der Waals surface area contributed by atoms with E-state index in [1.54, 1.807) is 0 Å². The first kappa shape index (κ1) is 17.7. The Kier molecular flexibility index (Phi) is 6.49. The van der Waals surface area contributed by atoms with Crippen LogP contribution in [-0.2, 0) is 17.7 Å². The first-order chi connectivity index (χ1) is 11.7. The number of hydrogen-bond donors (Lipinski definition) is 1. The second kappa shape index (κ2) is 8.81. The summed E-state index contributed by atoms with van der Waals surface area (Å²) in [6, 6.07) is 6.14. The molecule has 1 aromatic carbocycles. The monoisotopic (exact) mass is 333 g/mol. The molecule has 2 aliphatic rings. The summed E-state index contributed by atoms with van der Waals surface area (Å²) in [5, 5.41) is 10.2. The molecule has 1 N–H and O–H groups in total. The van der Waals surface area contributed by atoms with Gasteiger partial charge in [-0.05, 0) is 38.1 Å². The molecule has 0 atom stereocenters. The molecule has 0 aromatic heterocycles. The van der Waals surface area contributed by atoms with E-state index in [4.69, 9.17) is 4.74 Å². The number of aromatic hydroxyl groups is 1. The minimum absolute atomic E-state index is 0.436. The predicted molar refractivity (Wildman–Crippen MR) is 96.5 cm³/mol. The highest BCUT2D eigenvalue weighted by Crippen LogP contribution is 2.22. The molecule has 0 bridgehead atoms. The number of aryl methyl sites for hydroxylation is 1. The molecule has 24 heavy (non-hydrogen) atoms. The number of likely N-dealkylation sites (N-methyl/N-ethyl adjacent to an activating group) is 1. The molecule has 2 fully saturated rings. The summed E-state index contributed by atoms with van der Waals surface area (Å²) < 4.78 is 5.39. The van der Waals surface area contributed by atoms with E-state index < -0.39 is 0 Å². The Morgan fingerprint density at radius 2 is 1.75 bits per heavy atom. The van der Waals surface area contributed by atoms with Gasteiger partial charge >= 0.3 is 0 Å². The van der Waals surface area contributed by atoms with Gasteiger partial charge in [0.05, 0.1) is 13.2 Å². The third-order valence-electron chi connectivity index (χ3n) is 5.18. The van der Waals surface area contributed by atoms with Gasteiger partial charge < -0.3 is 14.7 Å². The van der Waals surface area contributed by atoms with Gasteiger partial charge in [0.15, 0.2) is 0 Å². The Morgan fingerprint density at radius 1 is 1.00 bits per heavy atom. The lowest BCUT2D eigenvalue weighted by Gasteiger charge is -2.32. The summed E-state index contributed by atoms with van der Waals surface area (Å²) in [4.78, 5) is 7.28. The maximum atomic E-state index is 10.2. The van der Waals surface area contributed by atoms with Gasteiger partial charge in [0.2, 0.25) is 0 Å². The van der Waals surface area contributed by atoms with Crippen LogP contribution in [0, 0.1) is 0 Å². The molecular weight excluding hydrogens is 302 g/mol. The number of benzene rings is 1. The lowest BCUT2D eigenvalue weighted by molar-refractivity contribution is 0.0374. The summed E-state index contributed by atoms with van der Waals surface area (Å²) in [5.41, 5.74) is 2.41. The fourth-order valence-corrected chi connectivity index (χ4v) is 3.50. The number of morpholine rings is 1. The number of rotatable bonds is 6. The normalized spacial score (nSPS) is 21.2. The molecule has 3 rings (SSSR count). The number of nitrogens with zero attached hydrogens (tertiary/aromatic N) is 3. The third-order valence-corrected chi connectivity index (χ3v) is 5.18. The second-order valence-electron chi connectivity index (χ2n) is 7.10. The van der Waals surface area contributed by atoms with Crippen LogP contribution in [0.5, 0.6) is 5.75 Å². The van der Waals surface area contributed by atoms with Crippen molar-refractivity contribution < 1.29 is 9.84 Å². The number of piperazine rings is 1. The molecule has 5 nitrogen and oxygen atoms in total. The molecule has 0 unspecified atom stereocenters. The van der Waals surface area contributed by atoms with Gasteiger partial charge in [-0.1, -0.05) is 12.1 Å². The molecule has 1 aromatic rings. The first-order valence-corrected chi connectivity index (χ1v) is 9.22. The Morgan fingerprint density at radius 3 is 2.50 bits per heavy atom. The summed E-state index contributed by atoms with van der Waals surface area (Å²) >= 11 is 0. The van der Waals surface area contributed by atoms with E-state index in [0.29, 0.717) is 5.75 Å². The number of phenols is 1. The Balaban J connectivity index is 1.49. The molecule has 0 amide bonds. The van der Waals surface area contributed by atoms with Crippen LogP contribution in [0.25, 0.3) is 0 Å². The third kappa shape index (κ3) is 5.18. The van der Waals surface area contributed by atoms with E-state index in [1.807, 2.05) is 6.07 Å². The zero-order valence-corrected chi connectivity index (χ0v) is 14.9. The predicted octanol–water partition coefficient (Wildman–Crippen LogP) is 1.40. The average Bonchev–Trinajstić information content (AvgIpc) is 2.61. The van der Waals surface area contributed by atoms with Crippen molar-refractivity contribution in [3.63, 3.8) is 0 Å². The molecular formula is C19H31N3O2. The van der Waals surface area contributed by atoms with Crippen molar-refractivity contribution in [2.45, 2.75) is 19.4 Å². The van der Waals surface area contributed by atoms with E-state index >= 15 is 0 Å². The summed E-state index contributed by atoms with van der Waals surface area (Å²) in [5.74, 6) is 0.436. The first-order valence-electron chi connectivity index (χ1n) is 9.22. The van der Waals surface area contributed by atoms with Crippen LogP contribution in [0.4, 0.5) is 0 Å². The van der Waals surface area contributed by atoms with Gasteiger partial charge in [-0.25, -0.2) is 0 Å². The van der Waals surface area contributed by atoms with Gasteiger partial charge in [-0.15, -0.1) is 0 Å². The van der Waals surface area contributed by atoms with E-state index in [0.717, 1.165) is 77.6 Å². The Hall–Kier alpha value is -1.14. The fraction of sp³-hybridized carbons (Fsp3) is 0.684. The minimum atomic E-state index is 0.436. The molecule has 0 radical (unpaired) electrons. The minimum Gasteiger partial charge on any atom is -0.508 e. The zero-order chi connectivity index (χ0) is 16.8. The van der Waals surface area contributed by atoms with Crippen LogP contribution < -0.4 is 0 Å². The number of ether oxygens (including phenoxy) is 1.